The van der Waals surface area contributed by atoms with Crippen molar-refractivity contribution < 1.29 is 31.8 Å². The van der Waals surface area contributed by atoms with E-state index in [0.29, 0.717) is 62.2 Å². The Morgan fingerprint density at radius 1 is 0.732 bits per heavy atom. The van der Waals surface area contributed by atoms with Gasteiger partial charge in [0.25, 0.3) is 0 Å². The molecule has 220 valence electrons. The summed E-state index contributed by atoms with van der Waals surface area (Å²) in [6.07, 6.45) is 7.87. The van der Waals surface area contributed by atoms with Crippen LogP contribution < -0.4 is 14.2 Å². The molecule has 3 aromatic rings. The van der Waals surface area contributed by atoms with Crippen LogP contribution in [0.3, 0.4) is 0 Å². The summed E-state index contributed by atoms with van der Waals surface area (Å²) in [4.78, 5) is 0. The molecular formula is C34H38F4O3. The fourth-order valence-corrected chi connectivity index (χ4v) is 5.16. The van der Waals surface area contributed by atoms with Crippen LogP contribution in [0.2, 0.25) is 0 Å². The summed E-state index contributed by atoms with van der Waals surface area (Å²) in [6, 6.07) is 13.0. The van der Waals surface area contributed by atoms with E-state index < -0.39 is 23.3 Å². The zero-order chi connectivity index (χ0) is 29.2. The molecule has 0 amide bonds. The van der Waals surface area contributed by atoms with Gasteiger partial charge in [0.2, 0.25) is 11.6 Å². The molecule has 1 fully saturated rings. The lowest BCUT2D eigenvalue weighted by molar-refractivity contribution is 0.191. The van der Waals surface area contributed by atoms with Crippen LogP contribution in [-0.4, -0.2) is 19.8 Å². The highest BCUT2D eigenvalue weighted by Gasteiger charge is 2.27. The van der Waals surface area contributed by atoms with Crippen LogP contribution in [0.25, 0.3) is 11.1 Å². The van der Waals surface area contributed by atoms with E-state index in [1.54, 1.807) is 36.4 Å². The molecule has 1 aliphatic carbocycles. The molecule has 4 rings (SSSR count). The maximum Gasteiger partial charge on any atom is 0.201 e. The summed E-state index contributed by atoms with van der Waals surface area (Å²) in [5.74, 6) is -3.34. The highest BCUT2D eigenvalue weighted by molar-refractivity contribution is 5.66. The number of rotatable bonds is 14. The molecule has 7 heteroatoms. The molecule has 0 atom stereocenters. The van der Waals surface area contributed by atoms with Crippen LogP contribution in [0, 0.1) is 29.2 Å². The lowest BCUT2D eigenvalue weighted by atomic mass is 9.79. The van der Waals surface area contributed by atoms with Crippen LogP contribution in [0.1, 0.15) is 69.8 Å². The van der Waals surface area contributed by atoms with Gasteiger partial charge >= 0.3 is 0 Å². The molecule has 0 heterocycles. The van der Waals surface area contributed by atoms with Crippen molar-refractivity contribution in [1.82, 2.24) is 0 Å². The summed E-state index contributed by atoms with van der Waals surface area (Å²) in [5.41, 5.74) is 1.05. The lowest BCUT2D eigenvalue weighted by Crippen LogP contribution is -2.20. The van der Waals surface area contributed by atoms with Crippen molar-refractivity contribution in [3.8, 4) is 28.4 Å². The van der Waals surface area contributed by atoms with E-state index in [2.05, 4.69) is 13.5 Å². The second kappa shape index (κ2) is 14.9. The number of ether oxygens (including phenoxy) is 3. The van der Waals surface area contributed by atoms with Crippen molar-refractivity contribution in [2.45, 2.75) is 64.2 Å². The number of allylic oxidation sites excluding steroid dienone is 1. The normalized spacial score (nSPS) is 16.8. The van der Waals surface area contributed by atoms with E-state index >= 15 is 0 Å². The number of unbranched alkanes of at least 4 members (excludes halogenated alkanes) is 2. The first-order valence-electron chi connectivity index (χ1n) is 14.5. The largest absolute Gasteiger partial charge is 0.494 e. The number of hydrogen-bond donors (Lipinski definition) is 0. The van der Waals surface area contributed by atoms with Gasteiger partial charge in [-0.3, -0.25) is 0 Å². The van der Waals surface area contributed by atoms with Gasteiger partial charge in [0.15, 0.2) is 23.1 Å². The Balaban J connectivity index is 1.30. The third kappa shape index (κ3) is 7.84. The van der Waals surface area contributed by atoms with Crippen molar-refractivity contribution >= 4 is 0 Å². The van der Waals surface area contributed by atoms with Gasteiger partial charge in [-0.1, -0.05) is 37.6 Å². The van der Waals surface area contributed by atoms with Gasteiger partial charge in [-0.05, 0) is 98.2 Å². The Morgan fingerprint density at radius 2 is 1.39 bits per heavy atom. The lowest BCUT2D eigenvalue weighted by Gasteiger charge is -2.29. The van der Waals surface area contributed by atoms with Crippen LogP contribution in [0.5, 0.6) is 17.2 Å². The van der Waals surface area contributed by atoms with E-state index in [-0.39, 0.29) is 35.5 Å². The molecule has 3 nitrogen and oxygen atoms in total. The van der Waals surface area contributed by atoms with Crippen molar-refractivity contribution in [3.63, 3.8) is 0 Å². The first-order valence-corrected chi connectivity index (χ1v) is 14.5. The number of hydrogen-bond acceptors (Lipinski definition) is 3. The fourth-order valence-electron chi connectivity index (χ4n) is 5.16. The van der Waals surface area contributed by atoms with Crippen molar-refractivity contribution in [1.29, 1.82) is 0 Å². The summed E-state index contributed by atoms with van der Waals surface area (Å²) in [5, 5.41) is 0. The molecule has 1 aliphatic rings. The van der Waals surface area contributed by atoms with E-state index in [9.17, 15) is 17.6 Å². The summed E-state index contributed by atoms with van der Waals surface area (Å²) < 4.78 is 75.9. The van der Waals surface area contributed by atoms with Gasteiger partial charge < -0.3 is 14.2 Å². The van der Waals surface area contributed by atoms with Gasteiger partial charge in [0.05, 0.1) is 19.8 Å². The maximum atomic E-state index is 14.9. The highest BCUT2D eigenvalue weighted by atomic mass is 19.2. The Labute approximate surface area is 240 Å². The zero-order valence-electron chi connectivity index (χ0n) is 23.6. The van der Waals surface area contributed by atoms with Crippen LogP contribution in [0.15, 0.2) is 61.2 Å². The average Bonchev–Trinajstić information content (AvgIpc) is 2.99. The molecule has 0 saturated heterocycles. The predicted octanol–water partition coefficient (Wildman–Crippen LogP) is 9.79. The molecule has 0 radical (unpaired) electrons. The van der Waals surface area contributed by atoms with Gasteiger partial charge in [0, 0.05) is 5.56 Å². The fraction of sp³-hybridized carbons (Fsp3) is 0.412. The van der Waals surface area contributed by atoms with Gasteiger partial charge in [-0.15, -0.1) is 6.58 Å². The molecule has 0 spiro atoms. The smallest absolute Gasteiger partial charge is 0.201 e. The summed E-state index contributed by atoms with van der Waals surface area (Å²) >= 11 is 0. The van der Waals surface area contributed by atoms with Crippen LogP contribution in [0.4, 0.5) is 17.6 Å². The van der Waals surface area contributed by atoms with E-state index in [1.165, 1.54) is 18.2 Å². The molecular weight excluding hydrogens is 532 g/mol. The Morgan fingerprint density at radius 3 is 2.10 bits per heavy atom. The first-order chi connectivity index (χ1) is 19.9. The average molecular weight is 571 g/mol. The quantitative estimate of drug-likeness (QED) is 0.110. The first kappa shape index (κ1) is 30.5. The van der Waals surface area contributed by atoms with Crippen LogP contribution in [-0.2, 0) is 0 Å². The minimum Gasteiger partial charge on any atom is -0.494 e. The van der Waals surface area contributed by atoms with E-state index in [4.69, 9.17) is 14.2 Å². The second-order valence-corrected chi connectivity index (χ2v) is 10.6. The minimum atomic E-state index is -1.02. The van der Waals surface area contributed by atoms with Gasteiger partial charge in [0.1, 0.15) is 5.75 Å². The Kier molecular flexibility index (Phi) is 11.1. The third-order valence-corrected chi connectivity index (χ3v) is 7.63. The molecule has 41 heavy (non-hydrogen) atoms. The molecule has 0 N–H and O–H groups in total. The Bertz CT molecular complexity index is 1280. The monoisotopic (exact) mass is 570 g/mol. The highest BCUT2D eigenvalue weighted by Crippen LogP contribution is 2.39. The molecule has 3 aromatic carbocycles. The SMILES string of the molecule is C=CCCCOc1ccc(C2CCC(COc3ccc(-c4ccc(OCCCC)cc4)c(F)c3F)CC2)c(F)c1F. The van der Waals surface area contributed by atoms with E-state index in [0.717, 1.165) is 19.3 Å². The maximum absolute atomic E-state index is 14.9. The molecule has 0 aliphatic heterocycles. The van der Waals surface area contributed by atoms with Crippen molar-refractivity contribution in [3.05, 3.63) is 90.0 Å². The predicted molar refractivity (Wildman–Crippen MR) is 154 cm³/mol. The third-order valence-electron chi connectivity index (χ3n) is 7.63. The number of halogens is 4. The molecule has 0 bridgehead atoms. The molecule has 1 saturated carbocycles. The Hall–Kier alpha value is -3.48. The summed E-state index contributed by atoms with van der Waals surface area (Å²) in [6.45, 7) is 6.84. The second-order valence-electron chi connectivity index (χ2n) is 10.6. The van der Waals surface area contributed by atoms with Gasteiger partial charge in [-0.25, -0.2) is 8.78 Å². The minimum absolute atomic E-state index is 0.0777. The number of benzene rings is 3. The van der Waals surface area contributed by atoms with E-state index in [1.807, 2.05) is 0 Å². The standard InChI is InChI=1S/C34H38F4O3/c1-3-5-7-21-40-29-18-16-27(31(35)33(29)37)24-10-8-23(9-11-24)22-41-30-19-17-28(32(36)34(30)38)25-12-14-26(15-13-25)39-20-6-4-2/h3,12-19,23-24H,1,4-11,20-22H2,2H3. The topological polar surface area (TPSA) is 27.7 Å². The molecule has 0 aromatic heterocycles. The van der Waals surface area contributed by atoms with Crippen molar-refractivity contribution in [2.24, 2.45) is 5.92 Å². The molecule has 0 unspecified atom stereocenters. The summed E-state index contributed by atoms with van der Waals surface area (Å²) in [7, 11) is 0. The van der Waals surface area contributed by atoms with Crippen LogP contribution >= 0.6 is 0 Å². The zero-order valence-corrected chi connectivity index (χ0v) is 23.6. The van der Waals surface area contributed by atoms with Gasteiger partial charge in [-0.2, -0.15) is 8.78 Å². The van der Waals surface area contributed by atoms with Crippen molar-refractivity contribution in [2.75, 3.05) is 19.8 Å².